The van der Waals surface area contributed by atoms with Gasteiger partial charge in [-0.25, -0.2) is 9.59 Å². The number of carbonyl (C=O) groups is 2. The molecular weight excluding hydrogens is 348 g/mol. The van der Waals surface area contributed by atoms with Crippen LogP contribution >= 0.6 is 0 Å². The lowest BCUT2D eigenvalue weighted by molar-refractivity contribution is -0.181. The molecule has 27 heavy (non-hydrogen) atoms. The summed E-state index contributed by atoms with van der Waals surface area (Å²) in [5, 5.41) is 0. The lowest BCUT2D eigenvalue weighted by atomic mass is 9.79. The Bertz CT molecular complexity index is 766. The summed E-state index contributed by atoms with van der Waals surface area (Å²) < 4.78 is 22.4. The van der Waals surface area contributed by atoms with Gasteiger partial charge in [0.25, 0.3) is 0 Å². The minimum absolute atomic E-state index is 0.219. The Kier molecular flexibility index (Phi) is 4.75. The van der Waals surface area contributed by atoms with Gasteiger partial charge in [-0.2, -0.15) is 0 Å². The van der Waals surface area contributed by atoms with E-state index in [4.69, 9.17) is 18.9 Å². The summed E-state index contributed by atoms with van der Waals surface area (Å²) in [6.45, 7) is 10.3. The molecule has 0 amide bonds. The zero-order valence-electron chi connectivity index (χ0n) is 16.9. The van der Waals surface area contributed by atoms with E-state index in [1.54, 1.807) is 7.11 Å². The van der Waals surface area contributed by atoms with Crippen molar-refractivity contribution in [3.05, 3.63) is 29.3 Å². The van der Waals surface area contributed by atoms with Crippen molar-refractivity contribution < 1.29 is 28.5 Å². The number of rotatable bonds is 4. The molecule has 2 fully saturated rings. The summed E-state index contributed by atoms with van der Waals surface area (Å²) in [5.74, 6) is -0.533. The van der Waals surface area contributed by atoms with Crippen LogP contribution < -0.4 is 4.74 Å². The van der Waals surface area contributed by atoms with Gasteiger partial charge in [0, 0.05) is 11.0 Å². The van der Waals surface area contributed by atoms with Gasteiger partial charge in [-0.3, -0.25) is 0 Å². The van der Waals surface area contributed by atoms with Crippen LogP contribution in [0.4, 0.5) is 0 Å². The number of methoxy groups -OCH3 is 1. The molecule has 0 aliphatic carbocycles. The highest BCUT2D eigenvalue weighted by atomic mass is 16.6. The average Bonchev–Trinajstić information content (AvgIpc) is 3.06. The van der Waals surface area contributed by atoms with Gasteiger partial charge >= 0.3 is 11.9 Å². The molecule has 0 N–H and O–H groups in total. The highest BCUT2D eigenvalue weighted by molar-refractivity contribution is 5.87. The van der Waals surface area contributed by atoms with Crippen LogP contribution in [0.25, 0.3) is 0 Å². The third kappa shape index (κ3) is 3.43. The lowest BCUT2D eigenvalue weighted by Crippen LogP contribution is -2.44. The predicted molar refractivity (Wildman–Crippen MR) is 98.4 cm³/mol. The van der Waals surface area contributed by atoms with Gasteiger partial charge in [-0.15, -0.1) is 0 Å². The molecule has 6 heteroatoms. The molecule has 0 unspecified atom stereocenters. The molecule has 0 spiro atoms. The van der Waals surface area contributed by atoms with Crippen molar-refractivity contribution in [2.24, 2.45) is 10.8 Å². The van der Waals surface area contributed by atoms with Crippen molar-refractivity contribution in [2.45, 2.75) is 52.7 Å². The number of ether oxygens (including phenoxy) is 4. The Morgan fingerprint density at radius 1 is 1.19 bits per heavy atom. The van der Waals surface area contributed by atoms with E-state index in [-0.39, 0.29) is 12.0 Å². The summed E-state index contributed by atoms with van der Waals surface area (Å²) in [6, 6.07) is 5.63. The van der Waals surface area contributed by atoms with E-state index in [1.807, 2.05) is 52.8 Å². The zero-order chi connectivity index (χ0) is 20.0. The summed E-state index contributed by atoms with van der Waals surface area (Å²) in [5.41, 5.74) is -0.519. The highest BCUT2D eigenvalue weighted by Crippen LogP contribution is 2.49. The molecule has 0 radical (unpaired) electrons. The van der Waals surface area contributed by atoms with Crippen LogP contribution in [0, 0.1) is 17.8 Å². The third-order valence-corrected chi connectivity index (χ3v) is 5.29. The maximum absolute atomic E-state index is 13.4. The standard InChI is InChI=1S/C21H28O6/c1-13-7-8-15(24-6)14(9-13)21(10-19(2,3)11-26-21)18(23)27-16-17(22)25-12-20(16,4)5/h7-9,16H,10-12H2,1-6H3/t16-,21-/m0/s1. The SMILES string of the molecule is COc1ccc(C)cc1[C@]1(C(=O)O[C@H]2C(=O)OCC2(C)C)CC(C)(C)CO1. The van der Waals surface area contributed by atoms with Gasteiger partial charge in [-0.1, -0.05) is 39.3 Å². The largest absolute Gasteiger partial charge is 0.496 e. The van der Waals surface area contributed by atoms with Crippen molar-refractivity contribution >= 4 is 11.9 Å². The second-order valence-electron chi connectivity index (χ2n) is 9.04. The number of esters is 2. The maximum Gasteiger partial charge on any atom is 0.348 e. The summed E-state index contributed by atoms with van der Waals surface area (Å²) >= 11 is 0. The van der Waals surface area contributed by atoms with Crippen molar-refractivity contribution in [1.82, 2.24) is 0 Å². The first-order valence-corrected chi connectivity index (χ1v) is 9.18. The quantitative estimate of drug-likeness (QED) is 0.752. The molecular formula is C21H28O6. The Hall–Kier alpha value is -2.08. The van der Waals surface area contributed by atoms with E-state index in [2.05, 4.69) is 0 Å². The summed E-state index contributed by atoms with van der Waals surface area (Å²) in [6.07, 6.45) is -0.522. The fourth-order valence-corrected chi connectivity index (χ4v) is 3.78. The van der Waals surface area contributed by atoms with Crippen LogP contribution in [0.5, 0.6) is 5.75 Å². The minimum Gasteiger partial charge on any atom is -0.496 e. The minimum atomic E-state index is -1.32. The molecule has 2 saturated heterocycles. The first-order valence-electron chi connectivity index (χ1n) is 9.18. The number of benzene rings is 1. The highest BCUT2D eigenvalue weighted by Gasteiger charge is 2.57. The first kappa shape index (κ1) is 19.7. The second kappa shape index (κ2) is 6.51. The van der Waals surface area contributed by atoms with Gasteiger partial charge in [0.1, 0.15) is 12.4 Å². The van der Waals surface area contributed by atoms with Crippen LogP contribution in [0.2, 0.25) is 0 Å². The Morgan fingerprint density at radius 3 is 2.41 bits per heavy atom. The molecule has 1 aromatic carbocycles. The van der Waals surface area contributed by atoms with Crippen molar-refractivity contribution in [2.75, 3.05) is 20.3 Å². The molecule has 2 aliphatic heterocycles. The summed E-state index contributed by atoms with van der Waals surface area (Å²) in [7, 11) is 1.56. The normalized spacial score (nSPS) is 28.7. The molecule has 3 rings (SSSR count). The summed E-state index contributed by atoms with van der Waals surface area (Å²) in [4.78, 5) is 25.5. The van der Waals surface area contributed by atoms with Crippen LogP contribution in [-0.4, -0.2) is 38.4 Å². The van der Waals surface area contributed by atoms with Crippen molar-refractivity contribution in [3.63, 3.8) is 0 Å². The van der Waals surface area contributed by atoms with E-state index in [0.29, 0.717) is 24.3 Å². The smallest absolute Gasteiger partial charge is 0.348 e. The van der Waals surface area contributed by atoms with E-state index in [0.717, 1.165) is 5.56 Å². The van der Waals surface area contributed by atoms with Gasteiger partial charge in [0.15, 0.2) is 5.60 Å². The molecule has 0 saturated carbocycles. The monoisotopic (exact) mass is 376 g/mol. The van der Waals surface area contributed by atoms with E-state index < -0.39 is 29.1 Å². The Morgan fingerprint density at radius 2 is 1.89 bits per heavy atom. The van der Waals surface area contributed by atoms with E-state index in [9.17, 15) is 9.59 Å². The molecule has 2 aliphatic rings. The van der Waals surface area contributed by atoms with Crippen molar-refractivity contribution in [3.8, 4) is 5.75 Å². The topological polar surface area (TPSA) is 71.1 Å². The molecule has 1 aromatic rings. The lowest BCUT2D eigenvalue weighted by Gasteiger charge is -2.32. The van der Waals surface area contributed by atoms with E-state index in [1.165, 1.54) is 0 Å². The number of hydrogen-bond donors (Lipinski definition) is 0. The fraction of sp³-hybridized carbons (Fsp3) is 0.619. The zero-order valence-corrected chi connectivity index (χ0v) is 16.9. The Balaban J connectivity index is 2.04. The number of carbonyl (C=O) groups excluding carboxylic acids is 2. The maximum atomic E-state index is 13.4. The van der Waals surface area contributed by atoms with Gasteiger partial charge in [-0.05, 0) is 30.9 Å². The fourth-order valence-electron chi connectivity index (χ4n) is 3.78. The second-order valence-corrected chi connectivity index (χ2v) is 9.04. The molecule has 2 heterocycles. The molecule has 0 bridgehead atoms. The molecule has 6 nitrogen and oxygen atoms in total. The van der Waals surface area contributed by atoms with Gasteiger partial charge in [0.2, 0.25) is 6.10 Å². The van der Waals surface area contributed by atoms with Crippen molar-refractivity contribution in [1.29, 1.82) is 0 Å². The van der Waals surface area contributed by atoms with Crippen LogP contribution in [-0.2, 0) is 29.4 Å². The first-order chi connectivity index (χ1) is 12.5. The predicted octanol–water partition coefficient (Wildman–Crippen LogP) is 3.14. The average molecular weight is 376 g/mol. The van der Waals surface area contributed by atoms with E-state index >= 15 is 0 Å². The molecule has 0 aromatic heterocycles. The van der Waals surface area contributed by atoms with Crippen LogP contribution in [0.15, 0.2) is 18.2 Å². The number of aryl methyl sites for hydroxylation is 1. The van der Waals surface area contributed by atoms with Gasteiger partial charge < -0.3 is 18.9 Å². The molecule has 148 valence electrons. The number of hydrogen-bond acceptors (Lipinski definition) is 6. The molecule has 2 atom stereocenters. The number of cyclic esters (lactones) is 1. The van der Waals surface area contributed by atoms with Gasteiger partial charge in [0.05, 0.1) is 13.7 Å². The third-order valence-electron chi connectivity index (χ3n) is 5.29. The Labute approximate surface area is 160 Å². The van der Waals surface area contributed by atoms with Crippen LogP contribution in [0.1, 0.15) is 45.2 Å². The van der Waals surface area contributed by atoms with Crippen LogP contribution in [0.3, 0.4) is 0 Å².